The minimum Gasteiger partial charge on any atom is -0.474 e. The van der Waals surface area contributed by atoms with Crippen molar-refractivity contribution in [2.75, 3.05) is 0 Å². The zero-order chi connectivity index (χ0) is 18.0. The largest absolute Gasteiger partial charge is 0.474 e. The number of rotatable bonds is 13. The fourth-order valence-electron chi connectivity index (χ4n) is 3.19. The van der Waals surface area contributed by atoms with Crippen molar-refractivity contribution in [2.24, 2.45) is 0 Å². The van der Waals surface area contributed by atoms with Crippen LogP contribution in [0.2, 0.25) is 19.6 Å². The van der Waals surface area contributed by atoms with Crippen LogP contribution in [-0.4, -0.2) is 24.4 Å². The van der Waals surface area contributed by atoms with Gasteiger partial charge in [-0.25, -0.2) is 0 Å². The maximum Gasteiger partial charge on any atom is 0.123 e. The average molecular weight is 355 g/mol. The number of aliphatic hydroxyl groups excluding tert-OH is 2. The maximum absolute atomic E-state index is 10.5. The number of aliphatic hydroxyl groups is 2. The Morgan fingerprint density at radius 1 is 0.917 bits per heavy atom. The molecule has 0 amide bonds. The third kappa shape index (κ3) is 7.54. The van der Waals surface area contributed by atoms with Gasteiger partial charge < -0.3 is 14.6 Å². The first-order valence-electron chi connectivity index (χ1n) is 9.82. The van der Waals surface area contributed by atoms with Gasteiger partial charge in [0.05, 0.1) is 17.8 Å². The lowest BCUT2D eigenvalue weighted by Gasteiger charge is -2.21. The van der Waals surface area contributed by atoms with Crippen molar-refractivity contribution in [3.63, 3.8) is 0 Å². The van der Waals surface area contributed by atoms with Crippen LogP contribution in [0, 0.1) is 0 Å². The first-order valence-corrected chi connectivity index (χ1v) is 13.3. The molecule has 0 aromatic carbocycles. The fraction of sp³-hybridized carbons (Fsp3) is 0.800. The summed E-state index contributed by atoms with van der Waals surface area (Å²) >= 11 is 0. The smallest absolute Gasteiger partial charge is 0.123 e. The molecule has 2 unspecified atom stereocenters. The van der Waals surface area contributed by atoms with Crippen LogP contribution in [0.1, 0.15) is 82.8 Å². The van der Waals surface area contributed by atoms with Crippen molar-refractivity contribution in [3.8, 4) is 0 Å². The Bertz CT molecular complexity index is 436. The van der Waals surface area contributed by atoms with Crippen molar-refractivity contribution in [2.45, 2.75) is 103 Å². The Morgan fingerprint density at radius 2 is 1.46 bits per heavy atom. The third-order valence-corrected chi connectivity index (χ3v) is 6.43. The van der Waals surface area contributed by atoms with Gasteiger partial charge >= 0.3 is 0 Å². The lowest BCUT2D eigenvalue weighted by Crippen LogP contribution is -2.40. The van der Waals surface area contributed by atoms with E-state index in [1.807, 2.05) is 6.07 Å². The standard InChI is InChI=1S/C20H38O3Si/c1-5-6-7-8-9-10-11-12-13-14-18(21)19(22)17-15-16-23-20(17)24(2,3)4/h15-16,18-19,21-22H,5-14H2,1-4H3. The van der Waals surface area contributed by atoms with Gasteiger partial charge in [0, 0.05) is 5.56 Å². The lowest BCUT2D eigenvalue weighted by atomic mass is 10.0. The zero-order valence-electron chi connectivity index (χ0n) is 16.2. The third-order valence-electron chi connectivity index (χ3n) is 4.66. The van der Waals surface area contributed by atoms with E-state index in [1.54, 1.807) is 6.26 Å². The summed E-state index contributed by atoms with van der Waals surface area (Å²) in [6.45, 7) is 8.81. The van der Waals surface area contributed by atoms with Crippen LogP contribution >= 0.6 is 0 Å². The molecule has 1 rings (SSSR count). The van der Waals surface area contributed by atoms with Gasteiger partial charge in [-0.05, 0) is 12.5 Å². The highest BCUT2D eigenvalue weighted by atomic mass is 28.3. The molecule has 0 saturated heterocycles. The van der Waals surface area contributed by atoms with Gasteiger partial charge in [-0.2, -0.15) is 0 Å². The number of unbranched alkanes of at least 4 members (excludes halogenated alkanes) is 8. The molecule has 4 heteroatoms. The SMILES string of the molecule is CCCCCCCCCCCC(O)C(O)c1ccoc1[Si](C)(C)C. The first kappa shape index (κ1) is 21.5. The second-order valence-corrected chi connectivity index (χ2v) is 13.0. The minimum atomic E-state index is -1.64. The van der Waals surface area contributed by atoms with Gasteiger partial charge in [0.2, 0.25) is 0 Å². The van der Waals surface area contributed by atoms with E-state index >= 15 is 0 Å². The van der Waals surface area contributed by atoms with Gasteiger partial charge in [0.25, 0.3) is 0 Å². The van der Waals surface area contributed by atoms with Gasteiger partial charge in [-0.1, -0.05) is 84.4 Å². The summed E-state index contributed by atoms with van der Waals surface area (Å²) in [6, 6.07) is 1.82. The predicted octanol–water partition coefficient (Wildman–Crippen LogP) is 5.14. The molecule has 0 bridgehead atoms. The molecule has 1 aromatic heterocycles. The molecular formula is C20H38O3Si. The van der Waals surface area contributed by atoms with E-state index in [1.165, 1.54) is 44.9 Å². The highest BCUT2D eigenvalue weighted by molar-refractivity contribution is 6.88. The van der Waals surface area contributed by atoms with E-state index in [4.69, 9.17) is 4.42 Å². The molecule has 1 aromatic rings. The summed E-state index contributed by atoms with van der Waals surface area (Å²) < 4.78 is 5.59. The average Bonchev–Trinajstić information content (AvgIpc) is 3.02. The van der Waals surface area contributed by atoms with Crippen LogP contribution in [-0.2, 0) is 0 Å². The lowest BCUT2D eigenvalue weighted by molar-refractivity contribution is 0.0123. The second kappa shape index (κ2) is 11.1. The molecule has 0 spiro atoms. The Hall–Kier alpha value is -0.583. The molecule has 1 heterocycles. The summed E-state index contributed by atoms with van der Waals surface area (Å²) in [5.41, 5.74) is 0.789. The molecule has 3 nitrogen and oxygen atoms in total. The highest BCUT2D eigenvalue weighted by Gasteiger charge is 2.30. The van der Waals surface area contributed by atoms with Crippen LogP contribution in [0.4, 0.5) is 0 Å². The van der Waals surface area contributed by atoms with Crippen LogP contribution in [0.25, 0.3) is 0 Å². The van der Waals surface area contributed by atoms with E-state index in [-0.39, 0.29) is 0 Å². The molecule has 0 aliphatic heterocycles. The summed E-state index contributed by atoms with van der Waals surface area (Å²) in [6.07, 6.45) is 12.2. The summed E-state index contributed by atoms with van der Waals surface area (Å²) in [5.74, 6) is 0. The number of hydrogen-bond acceptors (Lipinski definition) is 3. The fourth-order valence-corrected chi connectivity index (χ4v) is 4.71. The maximum atomic E-state index is 10.5. The monoisotopic (exact) mass is 354 g/mol. The van der Waals surface area contributed by atoms with Gasteiger partial charge in [0.1, 0.15) is 14.2 Å². The Kier molecular flexibility index (Phi) is 9.94. The van der Waals surface area contributed by atoms with Crippen molar-refractivity contribution in [1.29, 1.82) is 0 Å². The molecule has 0 aliphatic carbocycles. The molecular weight excluding hydrogens is 316 g/mol. The van der Waals surface area contributed by atoms with E-state index in [2.05, 4.69) is 26.6 Å². The van der Waals surface area contributed by atoms with E-state index in [9.17, 15) is 10.2 Å². The van der Waals surface area contributed by atoms with Crippen LogP contribution in [0.3, 0.4) is 0 Å². The van der Waals surface area contributed by atoms with Crippen LogP contribution in [0.5, 0.6) is 0 Å². The molecule has 24 heavy (non-hydrogen) atoms. The normalized spacial score (nSPS) is 14.8. The molecule has 2 atom stereocenters. The van der Waals surface area contributed by atoms with Gasteiger partial charge in [-0.3, -0.25) is 0 Å². The van der Waals surface area contributed by atoms with E-state index < -0.39 is 20.3 Å². The Balaban J connectivity index is 2.24. The number of hydrogen-bond donors (Lipinski definition) is 2. The molecule has 0 saturated carbocycles. The van der Waals surface area contributed by atoms with E-state index in [0.717, 1.165) is 23.8 Å². The van der Waals surface area contributed by atoms with Gasteiger partial charge in [-0.15, -0.1) is 0 Å². The van der Waals surface area contributed by atoms with Crippen LogP contribution < -0.4 is 5.38 Å². The molecule has 0 aliphatic rings. The van der Waals surface area contributed by atoms with Crippen molar-refractivity contribution < 1.29 is 14.6 Å². The highest BCUT2D eigenvalue weighted by Crippen LogP contribution is 2.22. The van der Waals surface area contributed by atoms with Gasteiger partial charge in [0.15, 0.2) is 0 Å². The van der Waals surface area contributed by atoms with Crippen molar-refractivity contribution >= 4 is 13.5 Å². The predicted molar refractivity (Wildman–Crippen MR) is 104 cm³/mol. The zero-order valence-corrected chi connectivity index (χ0v) is 17.2. The summed E-state index contributed by atoms with van der Waals surface area (Å²) in [7, 11) is -1.64. The minimum absolute atomic E-state index is 0.660. The molecule has 140 valence electrons. The summed E-state index contributed by atoms with van der Waals surface area (Å²) in [5, 5.41) is 21.7. The van der Waals surface area contributed by atoms with Crippen LogP contribution in [0.15, 0.2) is 16.7 Å². The summed E-state index contributed by atoms with van der Waals surface area (Å²) in [4.78, 5) is 0. The number of furan rings is 1. The Morgan fingerprint density at radius 3 is 2.00 bits per heavy atom. The van der Waals surface area contributed by atoms with Crippen molar-refractivity contribution in [1.82, 2.24) is 0 Å². The first-order chi connectivity index (χ1) is 11.4. The quantitative estimate of drug-likeness (QED) is 0.381. The molecule has 2 N–H and O–H groups in total. The molecule has 0 radical (unpaired) electrons. The topological polar surface area (TPSA) is 53.6 Å². The second-order valence-electron chi connectivity index (χ2n) is 8.08. The van der Waals surface area contributed by atoms with Crippen molar-refractivity contribution in [3.05, 3.63) is 17.9 Å². The van der Waals surface area contributed by atoms with E-state index in [0.29, 0.717) is 6.42 Å². The Labute approximate surface area is 149 Å². The molecule has 0 fully saturated rings.